The summed E-state index contributed by atoms with van der Waals surface area (Å²) in [5.74, 6) is -1.43. The molecule has 0 aliphatic carbocycles. The van der Waals surface area contributed by atoms with Gasteiger partial charge in [0, 0.05) is 24.2 Å². The minimum absolute atomic E-state index is 0.0227. The van der Waals surface area contributed by atoms with Crippen LogP contribution in [0, 0.1) is 5.82 Å². The maximum absolute atomic E-state index is 13.4. The fraction of sp³-hybridized carbons (Fsp3) is 0.263. The van der Waals surface area contributed by atoms with Crippen molar-refractivity contribution in [2.45, 2.75) is 25.3 Å². The molecule has 0 saturated heterocycles. The number of hydrogen-bond acceptors (Lipinski definition) is 3. The van der Waals surface area contributed by atoms with Crippen molar-refractivity contribution in [3.05, 3.63) is 59.9 Å². The van der Waals surface area contributed by atoms with Crippen LogP contribution in [0.4, 0.5) is 14.9 Å². The van der Waals surface area contributed by atoms with Crippen molar-refractivity contribution >= 4 is 17.7 Å². The summed E-state index contributed by atoms with van der Waals surface area (Å²) in [5, 5.41) is 14.3. The first-order valence-electron chi connectivity index (χ1n) is 8.14. The molecule has 1 unspecified atom stereocenters. The van der Waals surface area contributed by atoms with Gasteiger partial charge in [0.2, 0.25) is 0 Å². The van der Waals surface area contributed by atoms with Crippen molar-refractivity contribution in [3.8, 4) is 5.75 Å². The number of hydrogen-bond donors (Lipinski definition) is 3. The number of rotatable bonds is 8. The zero-order valence-electron chi connectivity index (χ0n) is 14.4. The Hall–Kier alpha value is -3.09. The van der Waals surface area contributed by atoms with Crippen LogP contribution in [0.25, 0.3) is 0 Å². The number of anilines is 1. The molecular weight excluding hydrogens is 339 g/mol. The van der Waals surface area contributed by atoms with E-state index in [9.17, 15) is 14.0 Å². The van der Waals surface area contributed by atoms with Gasteiger partial charge < -0.3 is 20.5 Å². The Labute approximate surface area is 151 Å². The van der Waals surface area contributed by atoms with Gasteiger partial charge >= 0.3 is 12.0 Å². The second kappa shape index (κ2) is 9.41. The van der Waals surface area contributed by atoms with Crippen LogP contribution in [0.1, 0.15) is 18.4 Å². The van der Waals surface area contributed by atoms with Crippen molar-refractivity contribution in [2.24, 2.45) is 0 Å². The van der Waals surface area contributed by atoms with E-state index in [2.05, 4.69) is 10.6 Å². The number of carbonyl (C=O) groups excluding carboxylic acids is 1. The number of halogens is 1. The van der Waals surface area contributed by atoms with Crippen molar-refractivity contribution in [1.29, 1.82) is 0 Å². The molecule has 2 aromatic carbocycles. The molecule has 2 rings (SSSR count). The van der Waals surface area contributed by atoms with Gasteiger partial charge in [0.15, 0.2) is 11.6 Å². The maximum atomic E-state index is 13.4. The first-order chi connectivity index (χ1) is 12.5. The molecule has 0 aliphatic heterocycles. The molecule has 0 aliphatic rings. The van der Waals surface area contributed by atoms with E-state index in [1.165, 1.54) is 25.3 Å². The van der Waals surface area contributed by atoms with E-state index in [0.717, 1.165) is 5.56 Å². The molecule has 0 aromatic heterocycles. The molecule has 138 valence electrons. The van der Waals surface area contributed by atoms with Gasteiger partial charge in [-0.2, -0.15) is 0 Å². The molecule has 1 atom stereocenters. The lowest BCUT2D eigenvalue weighted by Gasteiger charge is -2.19. The van der Waals surface area contributed by atoms with Crippen molar-refractivity contribution < 1.29 is 23.8 Å². The highest BCUT2D eigenvalue weighted by molar-refractivity contribution is 5.89. The van der Waals surface area contributed by atoms with E-state index in [4.69, 9.17) is 9.84 Å². The number of carbonyl (C=O) groups is 2. The number of benzene rings is 2. The highest BCUT2D eigenvalue weighted by Gasteiger charge is 2.15. The van der Waals surface area contributed by atoms with Gasteiger partial charge in [0.05, 0.1) is 7.11 Å². The fourth-order valence-electron chi connectivity index (χ4n) is 2.51. The molecule has 0 bridgehead atoms. The molecule has 7 heteroatoms. The molecule has 3 N–H and O–H groups in total. The van der Waals surface area contributed by atoms with Crippen LogP contribution < -0.4 is 15.4 Å². The van der Waals surface area contributed by atoms with E-state index < -0.39 is 17.8 Å². The van der Waals surface area contributed by atoms with Crippen molar-refractivity contribution in [3.63, 3.8) is 0 Å². The van der Waals surface area contributed by atoms with Crippen LogP contribution in [0.2, 0.25) is 0 Å². The Balaban J connectivity index is 2.01. The Morgan fingerprint density at radius 2 is 1.92 bits per heavy atom. The molecule has 6 nitrogen and oxygen atoms in total. The van der Waals surface area contributed by atoms with Crippen molar-refractivity contribution in [2.75, 3.05) is 12.4 Å². The average Bonchev–Trinajstić information content (AvgIpc) is 2.62. The minimum atomic E-state index is -0.923. The monoisotopic (exact) mass is 360 g/mol. The average molecular weight is 360 g/mol. The van der Waals surface area contributed by atoms with Gasteiger partial charge in [-0.1, -0.05) is 30.3 Å². The molecule has 2 amide bonds. The molecule has 0 radical (unpaired) electrons. The highest BCUT2D eigenvalue weighted by atomic mass is 19.1. The lowest BCUT2D eigenvalue weighted by Crippen LogP contribution is -2.39. The Kier molecular flexibility index (Phi) is 6.96. The third-order valence-electron chi connectivity index (χ3n) is 3.78. The van der Waals surface area contributed by atoms with Crippen LogP contribution in [0.3, 0.4) is 0 Å². The summed E-state index contributed by atoms with van der Waals surface area (Å²) in [4.78, 5) is 23.1. The van der Waals surface area contributed by atoms with E-state index in [1.54, 1.807) is 0 Å². The van der Waals surface area contributed by atoms with Gasteiger partial charge in [-0.05, 0) is 30.5 Å². The van der Waals surface area contributed by atoms with Crippen LogP contribution in [0.5, 0.6) is 5.75 Å². The number of amides is 2. The van der Waals surface area contributed by atoms with Crippen LogP contribution in [-0.2, 0) is 11.2 Å². The Morgan fingerprint density at radius 1 is 1.19 bits per heavy atom. The molecule has 0 saturated carbocycles. The topological polar surface area (TPSA) is 87.7 Å². The van der Waals surface area contributed by atoms with E-state index >= 15 is 0 Å². The zero-order chi connectivity index (χ0) is 18.9. The van der Waals surface area contributed by atoms with Gasteiger partial charge in [0.1, 0.15) is 0 Å². The first kappa shape index (κ1) is 19.2. The Bertz CT molecular complexity index is 752. The van der Waals surface area contributed by atoms with E-state index in [1.807, 2.05) is 30.3 Å². The molecule has 0 heterocycles. The summed E-state index contributed by atoms with van der Waals surface area (Å²) in [5.41, 5.74) is 1.36. The second-order valence-electron chi connectivity index (χ2n) is 5.77. The molecule has 2 aromatic rings. The number of ether oxygens (including phenoxy) is 1. The lowest BCUT2D eigenvalue weighted by molar-refractivity contribution is -0.137. The highest BCUT2D eigenvalue weighted by Crippen LogP contribution is 2.21. The molecule has 0 fully saturated rings. The molecular formula is C19H21FN2O4. The van der Waals surface area contributed by atoms with Crippen LogP contribution in [-0.4, -0.2) is 30.3 Å². The predicted octanol–water partition coefficient (Wildman–Crippen LogP) is 3.43. The van der Waals surface area contributed by atoms with Gasteiger partial charge in [-0.15, -0.1) is 0 Å². The first-order valence-corrected chi connectivity index (χ1v) is 8.14. The quantitative estimate of drug-likeness (QED) is 0.673. The number of nitrogens with one attached hydrogen (secondary N) is 2. The summed E-state index contributed by atoms with van der Waals surface area (Å²) in [7, 11) is 1.34. The standard InChI is InChI=1S/C19H21FN2O4/c1-26-17-12-15(7-9-16(17)20)22-19(25)21-14(8-10-18(23)24)11-13-5-3-2-4-6-13/h2-7,9,12,14H,8,10-11H2,1H3,(H,23,24)(H2,21,22,25). The van der Waals surface area contributed by atoms with E-state index in [-0.39, 0.29) is 18.2 Å². The number of aliphatic carboxylic acids is 1. The smallest absolute Gasteiger partial charge is 0.319 e. The molecule has 0 spiro atoms. The summed E-state index contributed by atoms with van der Waals surface area (Å²) < 4.78 is 18.3. The van der Waals surface area contributed by atoms with Crippen molar-refractivity contribution in [1.82, 2.24) is 5.32 Å². The number of urea groups is 1. The normalized spacial score (nSPS) is 11.5. The van der Waals surface area contributed by atoms with Crippen LogP contribution >= 0.6 is 0 Å². The molecule has 26 heavy (non-hydrogen) atoms. The second-order valence-corrected chi connectivity index (χ2v) is 5.77. The van der Waals surface area contributed by atoms with Gasteiger partial charge in [0.25, 0.3) is 0 Å². The predicted molar refractivity (Wildman–Crippen MR) is 95.9 cm³/mol. The summed E-state index contributed by atoms with van der Waals surface area (Å²) >= 11 is 0. The van der Waals surface area contributed by atoms with E-state index in [0.29, 0.717) is 18.5 Å². The third-order valence-corrected chi connectivity index (χ3v) is 3.78. The number of carboxylic acids is 1. The fourth-order valence-corrected chi connectivity index (χ4v) is 2.51. The maximum Gasteiger partial charge on any atom is 0.319 e. The largest absolute Gasteiger partial charge is 0.494 e. The number of methoxy groups -OCH3 is 1. The van der Waals surface area contributed by atoms with Gasteiger partial charge in [-0.3, -0.25) is 4.79 Å². The van der Waals surface area contributed by atoms with Gasteiger partial charge in [-0.25, -0.2) is 9.18 Å². The lowest BCUT2D eigenvalue weighted by atomic mass is 10.0. The number of carboxylic acid groups (broad SMARTS) is 1. The summed E-state index contributed by atoms with van der Waals surface area (Å²) in [6.45, 7) is 0. The third kappa shape index (κ3) is 6.08. The zero-order valence-corrected chi connectivity index (χ0v) is 14.4. The Morgan fingerprint density at radius 3 is 2.58 bits per heavy atom. The van der Waals surface area contributed by atoms with Crippen LogP contribution in [0.15, 0.2) is 48.5 Å². The summed E-state index contributed by atoms with van der Waals surface area (Å²) in [6, 6.07) is 12.6. The minimum Gasteiger partial charge on any atom is -0.494 e. The SMILES string of the molecule is COc1cc(NC(=O)NC(CCC(=O)O)Cc2ccccc2)ccc1F. The summed E-state index contributed by atoms with van der Waals surface area (Å²) in [6.07, 6.45) is 0.751.